The molecule has 2 rings (SSSR count). The Labute approximate surface area is 117 Å². The van der Waals surface area contributed by atoms with Crippen LogP contribution >= 0.6 is 0 Å². The Morgan fingerprint density at radius 1 is 1.50 bits per heavy atom. The number of ether oxygens (including phenoxy) is 1. The second-order valence-electron chi connectivity index (χ2n) is 4.59. The van der Waals surface area contributed by atoms with Crippen molar-refractivity contribution < 1.29 is 19.4 Å². The van der Waals surface area contributed by atoms with Crippen LogP contribution in [0.2, 0.25) is 0 Å². The molecule has 0 aliphatic carbocycles. The van der Waals surface area contributed by atoms with Crippen molar-refractivity contribution in [1.29, 1.82) is 0 Å². The number of rotatable bonds is 5. The van der Waals surface area contributed by atoms with Gasteiger partial charge in [0.05, 0.1) is 25.3 Å². The van der Waals surface area contributed by atoms with E-state index in [4.69, 9.17) is 9.84 Å². The number of methoxy groups -OCH3 is 1. The highest BCUT2D eigenvalue weighted by Gasteiger charge is 2.35. The summed E-state index contributed by atoms with van der Waals surface area (Å²) in [5, 5.41) is 11.3. The minimum Gasteiger partial charge on any atom is -0.495 e. The smallest absolute Gasteiger partial charge is 0.227 e. The molecule has 6 heteroatoms. The van der Waals surface area contributed by atoms with E-state index in [1.807, 2.05) is 12.1 Å². The van der Waals surface area contributed by atoms with Gasteiger partial charge < -0.3 is 20.1 Å². The van der Waals surface area contributed by atoms with Gasteiger partial charge in [0.1, 0.15) is 5.75 Å². The van der Waals surface area contributed by atoms with Gasteiger partial charge in [0.15, 0.2) is 0 Å². The van der Waals surface area contributed by atoms with Crippen molar-refractivity contribution >= 4 is 17.5 Å². The Morgan fingerprint density at radius 2 is 2.25 bits per heavy atom. The Kier molecular flexibility index (Phi) is 4.57. The van der Waals surface area contributed by atoms with Crippen LogP contribution in [0, 0.1) is 5.92 Å². The molecule has 1 aliphatic rings. The van der Waals surface area contributed by atoms with Crippen molar-refractivity contribution in [3.8, 4) is 5.75 Å². The van der Waals surface area contributed by atoms with Crippen LogP contribution in [0.1, 0.15) is 6.42 Å². The molecule has 2 amide bonds. The van der Waals surface area contributed by atoms with Crippen LogP contribution in [0.25, 0.3) is 0 Å². The molecule has 0 saturated carbocycles. The highest BCUT2D eigenvalue weighted by Crippen LogP contribution is 2.32. The molecule has 1 atom stereocenters. The summed E-state index contributed by atoms with van der Waals surface area (Å²) in [6.45, 7) is 0.428. The molecule has 1 aromatic rings. The molecule has 6 nitrogen and oxygen atoms in total. The number of carbonyl (C=O) groups excluding carboxylic acids is 2. The van der Waals surface area contributed by atoms with E-state index in [-0.39, 0.29) is 37.3 Å². The number of carbonyl (C=O) groups is 2. The molecule has 1 fully saturated rings. The lowest BCUT2D eigenvalue weighted by molar-refractivity contribution is -0.126. The Morgan fingerprint density at radius 3 is 2.95 bits per heavy atom. The molecule has 1 aromatic carbocycles. The fourth-order valence-electron chi connectivity index (χ4n) is 2.29. The molecular formula is C14H18N2O4. The zero-order valence-electron chi connectivity index (χ0n) is 11.3. The number of hydrogen-bond donors (Lipinski definition) is 2. The average Bonchev–Trinajstić information content (AvgIpc) is 2.86. The summed E-state index contributed by atoms with van der Waals surface area (Å²) in [6.07, 6.45) is 0.176. The molecule has 2 N–H and O–H groups in total. The van der Waals surface area contributed by atoms with Crippen LogP contribution < -0.4 is 15.0 Å². The van der Waals surface area contributed by atoms with Gasteiger partial charge >= 0.3 is 0 Å². The summed E-state index contributed by atoms with van der Waals surface area (Å²) < 4.78 is 5.24. The third-order valence-electron chi connectivity index (χ3n) is 3.28. The van der Waals surface area contributed by atoms with E-state index in [0.29, 0.717) is 18.0 Å². The number of nitrogens with zero attached hydrogens (tertiary/aromatic N) is 1. The van der Waals surface area contributed by atoms with Crippen molar-refractivity contribution in [3.05, 3.63) is 24.3 Å². The van der Waals surface area contributed by atoms with E-state index in [2.05, 4.69) is 5.32 Å². The molecule has 0 spiro atoms. The zero-order valence-corrected chi connectivity index (χ0v) is 11.3. The normalized spacial score (nSPS) is 18.2. The average molecular weight is 278 g/mol. The lowest BCUT2D eigenvalue weighted by atomic mass is 10.1. The predicted molar refractivity (Wildman–Crippen MR) is 73.5 cm³/mol. The number of amides is 2. The fraction of sp³-hybridized carbons (Fsp3) is 0.429. The van der Waals surface area contributed by atoms with Gasteiger partial charge in [-0.3, -0.25) is 9.59 Å². The van der Waals surface area contributed by atoms with E-state index < -0.39 is 0 Å². The van der Waals surface area contributed by atoms with Crippen molar-refractivity contribution in [2.24, 2.45) is 5.92 Å². The van der Waals surface area contributed by atoms with Crippen LogP contribution in [-0.2, 0) is 9.59 Å². The monoisotopic (exact) mass is 278 g/mol. The quantitative estimate of drug-likeness (QED) is 0.804. The first-order chi connectivity index (χ1) is 9.67. The van der Waals surface area contributed by atoms with E-state index >= 15 is 0 Å². The van der Waals surface area contributed by atoms with Gasteiger partial charge in [-0.15, -0.1) is 0 Å². The Hall–Kier alpha value is -2.08. The molecule has 20 heavy (non-hydrogen) atoms. The number of aliphatic hydroxyl groups excluding tert-OH is 1. The van der Waals surface area contributed by atoms with Gasteiger partial charge in [-0.25, -0.2) is 0 Å². The topological polar surface area (TPSA) is 78.9 Å². The molecule has 0 aromatic heterocycles. The van der Waals surface area contributed by atoms with Gasteiger partial charge in [-0.05, 0) is 12.1 Å². The summed E-state index contributed by atoms with van der Waals surface area (Å²) in [5.41, 5.74) is 0.678. The summed E-state index contributed by atoms with van der Waals surface area (Å²) in [7, 11) is 1.55. The van der Waals surface area contributed by atoms with Crippen LogP contribution in [0.15, 0.2) is 24.3 Å². The van der Waals surface area contributed by atoms with Crippen LogP contribution in [-0.4, -0.2) is 43.7 Å². The first kappa shape index (κ1) is 14.3. The number of hydrogen-bond acceptors (Lipinski definition) is 4. The van der Waals surface area contributed by atoms with Gasteiger partial charge in [0.25, 0.3) is 0 Å². The summed E-state index contributed by atoms with van der Waals surface area (Å²) in [5.74, 6) is -0.0836. The maximum absolute atomic E-state index is 12.1. The molecule has 1 saturated heterocycles. The van der Waals surface area contributed by atoms with E-state index in [1.54, 1.807) is 24.1 Å². The molecule has 0 bridgehead atoms. The molecule has 1 aliphatic heterocycles. The maximum Gasteiger partial charge on any atom is 0.227 e. The highest BCUT2D eigenvalue weighted by molar-refractivity contribution is 6.01. The second kappa shape index (κ2) is 6.38. The molecule has 0 radical (unpaired) electrons. The minimum absolute atomic E-state index is 0.0985. The molecule has 108 valence electrons. The van der Waals surface area contributed by atoms with Crippen LogP contribution in [0.4, 0.5) is 5.69 Å². The van der Waals surface area contributed by atoms with Gasteiger partial charge in [0.2, 0.25) is 11.8 Å². The van der Waals surface area contributed by atoms with E-state index in [9.17, 15) is 9.59 Å². The maximum atomic E-state index is 12.1. The van der Waals surface area contributed by atoms with Crippen molar-refractivity contribution in [2.75, 3.05) is 31.7 Å². The Balaban J connectivity index is 2.11. The summed E-state index contributed by atoms with van der Waals surface area (Å²) >= 11 is 0. The van der Waals surface area contributed by atoms with Crippen LogP contribution in [0.3, 0.4) is 0 Å². The molecular weight excluding hydrogens is 260 g/mol. The first-order valence-electron chi connectivity index (χ1n) is 6.49. The lowest BCUT2D eigenvalue weighted by Gasteiger charge is -2.19. The van der Waals surface area contributed by atoms with Gasteiger partial charge in [-0.2, -0.15) is 0 Å². The van der Waals surface area contributed by atoms with E-state index in [1.165, 1.54) is 0 Å². The third kappa shape index (κ3) is 2.91. The molecule has 1 unspecified atom stereocenters. The standard InChI is InChI=1S/C14H18N2O4/c1-20-12-5-3-2-4-11(12)16-9-10(8-13(16)18)14(19)15-6-7-17/h2-5,10,17H,6-9H2,1H3,(H,15,19). The van der Waals surface area contributed by atoms with Crippen LogP contribution in [0.5, 0.6) is 5.75 Å². The lowest BCUT2D eigenvalue weighted by Crippen LogP contribution is -2.34. The number of para-hydroxylation sites is 2. The predicted octanol–water partition coefficient (Wildman–Crippen LogP) is 0.157. The van der Waals surface area contributed by atoms with Crippen molar-refractivity contribution in [2.45, 2.75) is 6.42 Å². The number of aliphatic hydroxyl groups is 1. The summed E-state index contributed by atoms with van der Waals surface area (Å²) in [6, 6.07) is 7.23. The SMILES string of the molecule is COc1ccccc1N1CC(C(=O)NCCO)CC1=O. The third-order valence-corrected chi connectivity index (χ3v) is 3.28. The summed E-state index contributed by atoms with van der Waals surface area (Å²) in [4.78, 5) is 25.5. The number of nitrogens with one attached hydrogen (secondary N) is 1. The fourth-order valence-corrected chi connectivity index (χ4v) is 2.29. The number of anilines is 1. The Bertz CT molecular complexity index is 504. The second-order valence-corrected chi connectivity index (χ2v) is 4.59. The van der Waals surface area contributed by atoms with E-state index in [0.717, 1.165) is 0 Å². The number of benzene rings is 1. The van der Waals surface area contributed by atoms with Crippen molar-refractivity contribution in [1.82, 2.24) is 5.32 Å². The highest BCUT2D eigenvalue weighted by atomic mass is 16.5. The largest absolute Gasteiger partial charge is 0.495 e. The van der Waals surface area contributed by atoms with Crippen molar-refractivity contribution in [3.63, 3.8) is 0 Å². The minimum atomic E-state index is -0.390. The zero-order chi connectivity index (χ0) is 14.5. The van der Waals surface area contributed by atoms with Gasteiger partial charge in [0, 0.05) is 19.5 Å². The first-order valence-corrected chi connectivity index (χ1v) is 6.49. The van der Waals surface area contributed by atoms with Gasteiger partial charge in [-0.1, -0.05) is 12.1 Å². The molecule has 1 heterocycles.